The maximum Gasteiger partial charge on any atom is 0.252 e. The van der Waals surface area contributed by atoms with E-state index in [9.17, 15) is 14.4 Å². The SMILES string of the molecule is CC(C)=NNc1ccc(C(=O)NCCCNC([C]=O)CCC=O)cn1. The summed E-state index contributed by atoms with van der Waals surface area (Å²) in [5.74, 6) is 0.349. The maximum absolute atomic E-state index is 12.0. The van der Waals surface area contributed by atoms with Crippen LogP contribution in [0.1, 0.15) is 43.5 Å². The Bertz CT molecular complexity index is 582. The van der Waals surface area contributed by atoms with Crippen molar-refractivity contribution in [3.05, 3.63) is 23.9 Å². The van der Waals surface area contributed by atoms with Crippen LogP contribution in [0.3, 0.4) is 0 Å². The predicted octanol–water partition coefficient (Wildman–Crippen LogP) is 1.06. The van der Waals surface area contributed by atoms with Crippen molar-refractivity contribution in [3.8, 4) is 0 Å². The van der Waals surface area contributed by atoms with Gasteiger partial charge in [0.25, 0.3) is 5.91 Å². The molecule has 0 saturated carbocycles. The van der Waals surface area contributed by atoms with Gasteiger partial charge in [-0.15, -0.1) is 0 Å². The van der Waals surface area contributed by atoms with Crippen LogP contribution in [-0.2, 0) is 9.59 Å². The molecule has 1 rings (SSSR count). The van der Waals surface area contributed by atoms with E-state index in [1.165, 1.54) is 6.20 Å². The summed E-state index contributed by atoms with van der Waals surface area (Å²) >= 11 is 0. The molecule has 1 heterocycles. The van der Waals surface area contributed by atoms with E-state index in [-0.39, 0.29) is 5.91 Å². The van der Waals surface area contributed by atoms with Crippen molar-refractivity contribution in [2.45, 2.75) is 39.2 Å². The summed E-state index contributed by atoms with van der Waals surface area (Å²) in [5, 5.41) is 9.79. The number of hydrogen-bond acceptors (Lipinski definition) is 7. The summed E-state index contributed by atoms with van der Waals surface area (Å²) in [6.45, 7) is 4.74. The zero-order chi connectivity index (χ0) is 18.5. The molecule has 1 aromatic rings. The van der Waals surface area contributed by atoms with Gasteiger partial charge in [-0.3, -0.25) is 15.0 Å². The normalized spacial score (nSPS) is 11.3. The number of amides is 1. The average Bonchev–Trinajstić information content (AvgIpc) is 2.62. The molecule has 1 unspecified atom stereocenters. The summed E-state index contributed by atoms with van der Waals surface area (Å²) in [7, 11) is 0. The molecule has 1 aromatic heterocycles. The zero-order valence-corrected chi connectivity index (χ0v) is 14.5. The highest BCUT2D eigenvalue weighted by Gasteiger charge is 2.08. The topological polar surface area (TPSA) is 113 Å². The van der Waals surface area contributed by atoms with E-state index in [1.807, 2.05) is 20.1 Å². The molecule has 135 valence electrons. The third kappa shape index (κ3) is 8.71. The number of carbonyl (C=O) groups is 2. The van der Waals surface area contributed by atoms with Gasteiger partial charge in [-0.25, -0.2) is 4.98 Å². The van der Waals surface area contributed by atoms with Gasteiger partial charge in [0, 0.05) is 24.9 Å². The average molecular weight is 346 g/mol. The second-order valence-electron chi connectivity index (χ2n) is 5.58. The highest BCUT2D eigenvalue weighted by molar-refractivity contribution is 5.94. The molecule has 0 fully saturated rings. The van der Waals surface area contributed by atoms with Gasteiger partial charge in [0.05, 0.1) is 11.6 Å². The molecule has 3 N–H and O–H groups in total. The molecule has 25 heavy (non-hydrogen) atoms. The number of anilines is 1. The lowest BCUT2D eigenvalue weighted by Gasteiger charge is -2.10. The molecule has 0 bridgehead atoms. The van der Waals surface area contributed by atoms with Gasteiger partial charge in [0.2, 0.25) is 6.29 Å². The van der Waals surface area contributed by atoms with Crippen LogP contribution in [0.2, 0.25) is 0 Å². The molecule has 0 aromatic carbocycles. The van der Waals surface area contributed by atoms with Crippen molar-refractivity contribution < 1.29 is 14.4 Å². The number of pyridine rings is 1. The van der Waals surface area contributed by atoms with Crippen molar-refractivity contribution in [2.24, 2.45) is 5.10 Å². The smallest absolute Gasteiger partial charge is 0.252 e. The van der Waals surface area contributed by atoms with E-state index in [0.29, 0.717) is 43.7 Å². The minimum Gasteiger partial charge on any atom is -0.352 e. The Morgan fingerprint density at radius 3 is 2.76 bits per heavy atom. The molecular weight excluding hydrogens is 322 g/mol. The van der Waals surface area contributed by atoms with Gasteiger partial charge in [-0.1, -0.05) is 0 Å². The van der Waals surface area contributed by atoms with Crippen LogP contribution in [0.4, 0.5) is 5.82 Å². The Hall–Kier alpha value is -2.61. The Morgan fingerprint density at radius 2 is 2.16 bits per heavy atom. The van der Waals surface area contributed by atoms with Crippen LogP contribution in [-0.4, -0.2) is 48.3 Å². The van der Waals surface area contributed by atoms with Crippen molar-refractivity contribution in [2.75, 3.05) is 18.5 Å². The number of aldehydes is 1. The summed E-state index contributed by atoms with van der Waals surface area (Å²) in [4.78, 5) is 37.1. The van der Waals surface area contributed by atoms with Gasteiger partial charge in [-0.05, 0) is 45.4 Å². The van der Waals surface area contributed by atoms with Crippen molar-refractivity contribution in [3.63, 3.8) is 0 Å². The fourth-order valence-corrected chi connectivity index (χ4v) is 1.87. The van der Waals surface area contributed by atoms with E-state index in [2.05, 4.69) is 26.1 Å². The Kier molecular flexibility index (Phi) is 9.69. The Labute approximate surface area is 147 Å². The first kappa shape index (κ1) is 20.4. The van der Waals surface area contributed by atoms with Crippen molar-refractivity contribution in [1.82, 2.24) is 15.6 Å². The molecule has 0 aliphatic heterocycles. The van der Waals surface area contributed by atoms with Gasteiger partial charge in [-0.2, -0.15) is 5.10 Å². The van der Waals surface area contributed by atoms with Crippen molar-refractivity contribution >= 4 is 30.0 Å². The van der Waals surface area contributed by atoms with E-state index < -0.39 is 6.04 Å². The number of nitrogens with one attached hydrogen (secondary N) is 3. The van der Waals surface area contributed by atoms with E-state index in [4.69, 9.17) is 0 Å². The third-order valence-corrected chi connectivity index (χ3v) is 3.17. The van der Waals surface area contributed by atoms with E-state index in [0.717, 1.165) is 12.0 Å². The molecule has 0 aliphatic rings. The molecule has 8 nitrogen and oxygen atoms in total. The van der Waals surface area contributed by atoms with Crippen LogP contribution < -0.4 is 16.1 Å². The number of rotatable bonds is 12. The number of nitrogens with zero attached hydrogens (tertiary/aromatic N) is 2. The number of hydrazone groups is 1. The van der Waals surface area contributed by atoms with Crippen molar-refractivity contribution in [1.29, 1.82) is 0 Å². The van der Waals surface area contributed by atoms with Crippen LogP contribution >= 0.6 is 0 Å². The van der Waals surface area contributed by atoms with Crippen LogP contribution in [0.15, 0.2) is 23.4 Å². The van der Waals surface area contributed by atoms with Gasteiger partial charge in [0.1, 0.15) is 12.1 Å². The molecule has 1 amide bonds. The monoisotopic (exact) mass is 346 g/mol. The molecule has 8 heteroatoms. The maximum atomic E-state index is 12.0. The van der Waals surface area contributed by atoms with E-state index >= 15 is 0 Å². The first-order valence-electron chi connectivity index (χ1n) is 8.12. The molecule has 0 aliphatic carbocycles. The van der Waals surface area contributed by atoms with E-state index in [1.54, 1.807) is 12.1 Å². The van der Waals surface area contributed by atoms with Gasteiger partial charge >= 0.3 is 0 Å². The lowest BCUT2D eigenvalue weighted by atomic mass is 10.2. The molecule has 1 radical (unpaired) electrons. The standard InChI is InChI=1S/C17H24N5O3/c1-13(2)21-22-16-7-6-14(11-20-16)17(25)19-9-4-8-18-15(12-24)5-3-10-23/h6-7,10-11,15,18H,3-5,8-9H2,1-2H3,(H,19,25)(H,20,22). The largest absolute Gasteiger partial charge is 0.352 e. The molecular formula is C17H24N5O3. The minimum absolute atomic E-state index is 0.214. The summed E-state index contributed by atoms with van der Waals surface area (Å²) in [6, 6.07) is 2.90. The molecule has 0 spiro atoms. The van der Waals surface area contributed by atoms with Crippen LogP contribution in [0.25, 0.3) is 0 Å². The van der Waals surface area contributed by atoms with Gasteiger partial charge < -0.3 is 15.4 Å². The fourth-order valence-electron chi connectivity index (χ4n) is 1.87. The molecule has 0 saturated heterocycles. The first-order valence-corrected chi connectivity index (χ1v) is 8.12. The fraction of sp³-hybridized carbons (Fsp3) is 0.471. The lowest BCUT2D eigenvalue weighted by molar-refractivity contribution is -0.107. The van der Waals surface area contributed by atoms with Crippen LogP contribution in [0.5, 0.6) is 0 Å². The number of hydrogen-bond donors (Lipinski definition) is 3. The number of carbonyl (C=O) groups excluding carboxylic acids is 3. The highest BCUT2D eigenvalue weighted by atomic mass is 16.1. The minimum atomic E-state index is -0.445. The zero-order valence-electron chi connectivity index (χ0n) is 14.5. The summed E-state index contributed by atoms with van der Waals surface area (Å²) in [6.07, 6.45) is 5.53. The van der Waals surface area contributed by atoms with Gasteiger partial charge in [0.15, 0.2) is 0 Å². The highest BCUT2D eigenvalue weighted by Crippen LogP contribution is 2.05. The first-order chi connectivity index (χ1) is 12.1. The summed E-state index contributed by atoms with van der Waals surface area (Å²) < 4.78 is 0. The quantitative estimate of drug-likeness (QED) is 0.226. The lowest BCUT2D eigenvalue weighted by Crippen LogP contribution is -2.33. The third-order valence-electron chi connectivity index (χ3n) is 3.17. The second-order valence-corrected chi connectivity index (χ2v) is 5.58. The second kappa shape index (κ2) is 11.9. The van der Waals surface area contributed by atoms with Crippen LogP contribution in [0, 0.1) is 0 Å². The predicted molar refractivity (Wildman–Crippen MR) is 96.4 cm³/mol. The Balaban J connectivity index is 2.28. The number of aromatic nitrogens is 1. The Morgan fingerprint density at radius 1 is 1.36 bits per heavy atom. The summed E-state index contributed by atoms with van der Waals surface area (Å²) in [5.41, 5.74) is 4.12. The molecule has 1 atom stereocenters.